The van der Waals surface area contributed by atoms with Gasteiger partial charge in [-0.25, -0.2) is 0 Å². The monoisotopic (exact) mass is 262 g/mol. The van der Waals surface area contributed by atoms with Gasteiger partial charge < -0.3 is 0 Å². The molecule has 2 aromatic carbocycles. The summed E-state index contributed by atoms with van der Waals surface area (Å²) in [4.78, 5) is 0. The molecule has 0 amide bonds. The summed E-state index contributed by atoms with van der Waals surface area (Å²) in [6, 6.07) is 12.9. The van der Waals surface area contributed by atoms with Crippen molar-refractivity contribution < 1.29 is 0 Å². The summed E-state index contributed by atoms with van der Waals surface area (Å²) in [5, 5.41) is 2.71. The van der Waals surface area contributed by atoms with Gasteiger partial charge in [0.2, 0.25) is 0 Å². The standard InChI is InChI=1S/C12H12.3C2H6.CH4/c1-9-7-8-11-5-3-4-6-12(11)10(9)2;3*1-2;/h3-8H,1-2H3;3*1-2H3;1H4. The van der Waals surface area contributed by atoms with Crippen LogP contribution in [0.2, 0.25) is 0 Å². The first-order valence-electron chi connectivity index (χ1n) is 7.24. The van der Waals surface area contributed by atoms with Crippen LogP contribution in [0.4, 0.5) is 0 Å². The summed E-state index contributed by atoms with van der Waals surface area (Å²) in [6.07, 6.45) is 0. The fraction of sp³-hybridized carbons (Fsp3) is 0.474. The Labute approximate surface area is 121 Å². The Kier molecular flexibility index (Phi) is 17.7. The molecule has 19 heavy (non-hydrogen) atoms. The van der Waals surface area contributed by atoms with Crippen LogP contribution < -0.4 is 0 Å². The van der Waals surface area contributed by atoms with E-state index in [0.717, 1.165) is 0 Å². The van der Waals surface area contributed by atoms with Gasteiger partial charge in [0.15, 0.2) is 0 Å². The lowest BCUT2D eigenvalue weighted by Gasteiger charge is -2.04. The lowest BCUT2D eigenvalue weighted by molar-refractivity contribution is 1.38. The van der Waals surface area contributed by atoms with E-state index in [1.807, 2.05) is 41.5 Å². The molecule has 110 valence electrons. The Morgan fingerprint density at radius 1 is 0.632 bits per heavy atom. The van der Waals surface area contributed by atoms with Gasteiger partial charge in [-0.2, -0.15) is 0 Å². The molecule has 0 aromatic heterocycles. The van der Waals surface area contributed by atoms with Crippen LogP contribution >= 0.6 is 0 Å². The molecule has 0 saturated carbocycles. The van der Waals surface area contributed by atoms with Crippen molar-refractivity contribution in [3.05, 3.63) is 47.5 Å². The van der Waals surface area contributed by atoms with E-state index >= 15 is 0 Å². The molecule has 2 aromatic rings. The zero-order chi connectivity index (χ0) is 14.6. The highest BCUT2D eigenvalue weighted by atomic mass is 14.0. The molecular weight excluding hydrogens is 228 g/mol. The molecule has 0 N–H and O–H groups in total. The molecule has 0 fully saturated rings. The summed E-state index contributed by atoms with van der Waals surface area (Å²) in [5.74, 6) is 0. The van der Waals surface area contributed by atoms with E-state index in [9.17, 15) is 0 Å². The largest absolute Gasteiger partial charge is 0.0776 e. The molecule has 2 rings (SSSR count). The second-order valence-corrected chi connectivity index (χ2v) is 3.23. The van der Waals surface area contributed by atoms with Gasteiger partial charge in [0.25, 0.3) is 0 Å². The van der Waals surface area contributed by atoms with E-state index in [4.69, 9.17) is 0 Å². The first kappa shape index (κ1) is 22.8. The van der Waals surface area contributed by atoms with Crippen LogP contribution in [0.5, 0.6) is 0 Å². The Balaban J connectivity index is -0.000000325. The highest BCUT2D eigenvalue weighted by Gasteiger charge is 1.97. The molecule has 0 atom stereocenters. The highest BCUT2D eigenvalue weighted by molar-refractivity contribution is 5.86. The quantitative estimate of drug-likeness (QED) is 0.472. The molecular formula is C19H34. The van der Waals surface area contributed by atoms with Gasteiger partial charge in [-0.15, -0.1) is 0 Å². The highest BCUT2D eigenvalue weighted by Crippen LogP contribution is 2.20. The van der Waals surface area contributed by atoms with Crippen molar-refractivity contribution >= 4 is 10.8 Å². The van der Waals surface area contributed by atoms with Gasteiger partial charge in [0, 0.05) is 0 Å². The van der Waals surface area contributed by atoms with E-state index in [0.29, 0.717) is 0 Å². The molecule has 0 aliphatic carbocycles. The van der Waals surface area contributed by atoms with Gasteiger partial charge >= 0.3 is 0 Å². The summed E-state index contributed by atoms with van der Waals surface area (Å²) in [5.41, 5.74) is 2.77. The maximum Gasteiger partial charge on any atom is -0.0152 e. The molecule has 0 heterocycles. The number of hydrogen-bond donors (Lipinski definition) is 0. The maximum atomic E-state index is 2.18. The van der Waals surface area contributed by atoms with Crippen molar-refractivity contribution in [3.8, 4) is 0 Å². The van der Waals surface area contributed by atoms with Gasteiger partial charge in [0.05, 0.1) is 0 Å². The second kappa shape index (κ2) is 14.8. The Bertz CT molecular complexity index is 413. The molecule has 0 heteroatoms. The first-order chi connectivity index (χ1) is 8.79. The molecule has 0 spiro atoms. The zero-order valence-electron chi connectivity index (χ0n) is 13.5. The van der Waals surface area contributed by atoms with Crippen molar-refractivity contribution in [2.75, 3.05) is 0 Å². The fourth-order valence-electron chi connectivity index (χ4n) is 1.54. The summed E-state index contributed by atoms with van der Waals surface area (Å²) < 4.78 is 0. The molecule has 0 bridgehead atoms. The van der Waals surface area contributed by atoms with Crippen molar-refractivity contribution in [1.29, 1.82) is 0 Å². The number of benzene rings is 2. The number of rotatable bonds is 0. The molecule has 0 aliphatic rings. The summed E-state index contributed by atoms with van der Waals surface area (Å²) >= 11 is 0. The normalized spacial score (nSPS) is 7.58. The van der Waals surface area contributed by atoms with E-state index in [-0.39, 0.29) is 7.43 Å². The van der Waals surface area contributed by atoms with Crippen LogP contribution in [-0.2, 0) is 0 Å². The van der Waals surface area contributed by atoms with Gasteiger partial charge in [-0.3, -0.25) is 0 Å². The van der Waals surface area contributed by atoms with Gasteiger partial charge in [0.1, 0.15) is 0 Å². The smallest absolute Gasteiger partial charge is 0.0152 e. The SMILES string of the molecule is C.CC.CC.CC.Cc1ccc2ccccc2c1C. The topological polar surface area (TPSA) is 0 Å². The van der Waals surface area contributed by atoms with Crippen molar-refractivity contribution in [1.82, 2.24) is 0 Å². The van der Waals surface area contributed by atoms with E-state index < -0.39 is 0 Å². The van der Waals surface area contributed by atoms with Crippen molar-refractivity contribution in [2.45, 2.75) is 62.8 Å². The van der Waals surface area contributed by atoms with E-state index in [1.165, 1.54) is 21.9 Å². The third kappa shape index (κ3) is 7.00. The lowest BCUT2D eigenvalue weighted by Crippen LogP contribution is -1.82. The van der Waals surface area contributed by atoms with Gasteiger partial charge in [-0.05, 0) is 35.7 Å². The maximum absolute atomic E-state index is 2.18. The van der Waals surface area contributed by atoms with E-state index in [1.54, 1.807) is 0 Å². The molecule has 0 unspecified atom stereocenters. The number of fused-ring (bicyclic) bond motifs is 1. The minimum atomic E-state index is 0. The Morgan fingerprint density at radius 3 is 1.63 bits per heavy atom. The Hall–Kier alpha value is -1.30. The van der Waals surface area contributed by atoms with Crippen molar-refractivity contribution in [2.24, 2.45) is 0 Å². The second-order valence-electron chi connectivity index (χ2n) is 3.23. The molecule has 0 nitrogen and oxygen atoms in total. The minimum Gasteiger partial charge on any atom is -0.0776 e. The van der Waals surface area contributed by atoms with Crippen LogP contribution in [0.15, 0.2) is 36.4 Å². The average molecular weight is 262 g/mol. The lowest BCUT2D eigenvalue weighted by atomic mass is 10.0. The van der Waals surface area contributed by atoms with Gasteiger partial charge in [-0.1, -0.05) is 85.4 Å². The third-order valence-corrected chi connectivity index (χ3v) is 2.47. The summed E-state index contributed by atoms with van der Waals surface area (Å²) in [6.45, 7) is 16.3. The zero-order valence-corrected chi connectivity index (χ0v) is 13.5. The van der Waals surface area contributed by atoms with Crippen LogP contribution in [-0.4, -0.2) is 0 Å². The number of hydrogen-bond acceptors (Lipinski definition) is 0. The molecule has 0 aliphatic heterocycles. The first-order valence-corrected chi connectivity index (χ1v) is 7.24. The minimum absolute atomic E-state index is 0. The third-order valence-electron chi connectivity index (χ3n) is 2.47. The molecule has 0 saturated heterocycles. The molecule has 0 radical (unpaired) electrons. The predicted molar refractivity (Wildman–Crippen MR) is 94.2 cm³/mol. The van der Waals surface area contributed by atoms with Crippen LogP contribution in [0.25, 0.3) is 10.8 Å². The van der Waals surface area contributed by atoms with Crippen LogP contribution in [0.3, 0.4) is 0 Å². The predicted octanol–water partition coefficient (Wildman–Crippen LogP) is 7.17. The number of aryl methyl sites for hydroxylation is 2. The van der Waals surface area contributed by atoms with E-state index in [2.05, 4.69) is 50.2 Å². The van der Waals surface area contributed by atoms with Crippen molar-refractivity contribution in [3.63, 3.8) is 0 Å². The Morgan fingerprint density at radius 2 is 1.11 bits per heavy atom. The van der Waals surface area contributed by atoms with Crippen LogP contribution in [0, 0.1) is 13.8 Å². The average Bonchev–Trinajstić information content (AvgIpc) is 2.49. The fourth-order valence-corrected chi connectivity index (χ4v) is 1.54. The summed E-state index contributed by atoms with van der Waals surface area (Å²) in [7, 11) is 0. The van der Waals surface area contributed by atoms with Crippen LogP contribution in [0.1, 0.15) is 60.1 Å².